The summed E-state index contributed by atoms with van der Waals surface area (Å²) in [6.07, 6.45) is 5.22. The van der Waals surface area contributed by atoms with Crippen LogP contribution >= 0.6 is 11.6 Å². The van der Waals surface area contributed by atoms with E-state index in [1.165, 1.54) is 31.4 Å². The Kier molecular flexibility index (Phi) is 3.77. The standard InChI is InChI=1S/C18H23ClN2O/c19-13-4-3-5-14(12-13)20-8-10-21(11-9-20)18(22)17-15-6-1-2-7-16(15)17/h3-5,12,15-17H,1-2,6-11H2. The van der Waals surface area contributed by atoms with Crippen LogP contribution in [0.3, 0.4) is 0 Å². The Morgan fingerprint density at radius 2 is 1.73 bits per heavy atom. The number of halogens is 1. The first kappa shape index (κ1) is 14.4. The third-order valence-electron chi connectivity index (χ3n) is 5.71. The largest absolute Gasteiger partial charge is 0.368 e. The van der Waals surface area contributed by atoms with Gasteiger partial charge in [-0.3, -0.25) is 4.79 Å². The van der Waals surface area contributed by atoms with Crippen molar-refractivity contribution in [3.8, 4) is 0 Å². The lowest BCUT2D eigenvalue weighted by Crippen LogP contribution is -2.49. The van der Waals surface area contributed by atoms with Crippen LogP contribution in [-0.4, -0.2) is 37.0 Å². The predicted octanol–water partition coefficient (Wildman–Crippen LogP) is 3.42. The van der Waals surface area contributed by atoms with Crippen molar-refractivity contribution in [3.63, 3.8) is 0 Å². The zero-order valence-electron chi connectivity index (χ0n) is 12.9. The minimum atomic E-state index is 0.361. The van der Waals surface area contributed by atoms with Gasteiger partial charge in [-0.25, -0.2) is 0 Å². The number of carbonyl (C=O) groups is 1. The molecule has 2 saturated carbocycles. The molecule has 1 aromatic carbocycles. The molecule has 4 rings (SSSR count). The number of rotatable bonds is 2. The number of hydrogen-bond acceptors (Lipinski definition) is 2. The highest BCUT2D eigenvalue weighted by Gasteiger charge is 2.55. The van der Waals surface area contributed by atoms with Crippen LogP contribution in [0.5, 0.6) is 0 Å². The summed E-state index contributed by atoms with van der Waals surface area (Å²) in [4.78, 5) is 17.1. The fourth-order valence-corrected chi connectivity index (χ4v) is 4.61. The van der Waals surface area contributed by atoms with Gasteiger partial charge in [0.25, 0.3) is 0 Å². The molecule has 2 aliphatic carbocycles. The number of nitrogens with zero attached hydrogens (tertiary/aromatic N) is 2. The van der Waals surface area contributed by atoms with Gasteiger partial charge in [0.05, 0.1) is 0 Å². The van der Waals surface area contributed by atoms with Crippen molar-refractivity contribution in [3.05, 3.63) is 29.3 Å². The zero-order valence-corrected chi connectivity index (χ0v) is 13.6. The van der Waals surface area contributed by atoms with Gasteiger partial charge in [0.2, 0.25) is 5.91 Å². The Balaban J connectivity index is 1.35. The lowest BCUT2D eigenvalue weighted by Gasteiger charge is -2.36. The first-order chi connectivity index (χ1) is 10.7. The van der Waals surface area contributed by atoms with Gasteiger partial charge in [-0.1, -0.05) is 30.5 Å². The van der Waals surface area contributed by atoms with Gasteiger partial charge in [0.15, 0.2) is 0 Å². The van der Waals surface area contributed by atoms with Gasteiger partial charge in [-0.2, -0.15) is 0 Å². The Morgan fingerprint density at radius 1 is 1.05 bits per heavy atom. The molecule has 0 aromatic heterocycles. The topological polar surface area (TPSA) is 23.6 Å². The molecule has 0 N–H and O–H groups in total. The molecule has 3 nitrogen and oxygen atoms in total. The molecule has 118 valence electrons. The molecule has 0 radical (unpaired) electrons. The highest BCUT2D eigenvalue weighted by Crippen LogP contribution is 2.56. The van der Waals surface area contributed by atoms with Crippen LogP contribution in [0.1, 0.15) is 25.7 Å². The summed E-state index contributed by atoms with van der Waals surface area (Å²) >= 11 is 6.07. The third-order valence-corrected chi connectivity index (χ3v) is 5.94. The molecule has 3 aliphatic rings. The smallest absolute Gasteiger partial charge is 0.226 e. The quantitative estimate of drug-likeness (QED) is 0.834. The van der Waals surface area contributed by atoms with Crippen LogP contribution in [0.15, 0.2) is 24.3 Å². The second-order valence-electron chi connectivity index (χ2n) is 6.93. The van der Waals surface area contributed by atoms with E-state index in [0.717, 1.165) is 31.2 Å². The minimum absolute atomic E-state index is 0.361. The lowest BCUT2D eigenvalue weighted by atomic mass is 10.0. The van der Waals surface area contributed by atoms with Gasteiger partial charge in [-0.05, 0) is 42.9 Å². The number of anilines is 1. The van der Waals surface area contributed by atoms with E-state index in [1.54, 1.807) is 0 Å². The van der Waals surface area contributed by atoms with Crippen LogP contribution in [0.2, 0.25) is 5.02 Å². The molecule has 22 heavy (non-hydrogen) atoms. The number of benzene rings is 1. The molecular formula is C18H23ClN2O. The number of piperazine rings is 1. The van der Waals surface area contributed by atoms with Gasteiger partial charge in [-0.15, -0.1) is 0 Å². The Hall–Kier alpha value is -1.22. The average Bonchev–Trinajstić information content (AvgIpc) is 3.29. The Bertz CT molecular complexity index is 556. The summed E-state index contributed by atoms with van der Waals surface area (Å²) in [5.41, 5.74) is 1.17. The van der Waals surface area contributed by atoms with E-state index < -0.39 is 0 Å². The predicted molar refractivity (Wildman–Crippen MR) is 89.2 cm³/mol. The van der Waals surface area contributed by atoms with E-state index >= 15 is 0 Å². The number of carbonyl (C=O) groups excluding carboxylic acids is 1. The molecule has 1 heterocycles. The van der Waals surface area contributed by atoms with Gasteiger partial charge < -0.3 is 9.80 Å². The normalized spacial score (nSPS) is 30.9. The van der Waals surface area contributed by atoms with E-state index in [4.69, 9.17) is 11.6 Å². The zero-order chi connectivity index (χ0) is 15.1. The molecule has 2 atom stereocenters. The van der Waals surface area contributed by atoms with E-state index in [9.17, 15) is 4.79 Å². The van der Waals surface area contributed by atoms with Gasteiger partial charge in [0, 0.05) is 42.8 Å². The maximum Gasteiger partial charge on any atom is 0.226 e. The summed E-state index contributed by atoms with van der Waals surface area (Å²) in [6.45, 7) is 3.52. The maximum atomic E-state index is 12.7. The molecule has 1 aliphatic heterocycles. The molecule has 0 bridgehead atoms. The van der Waals surface area contributed by atoms with Crippen molar-refractivity contribution < 1.29 is 4.79 Å². The van der Waals surface area contributed by atoms with Gasteiger partial charge >= 0.3 is 0 Å². The summed E-state index contributed by atoms with van der Waals surface area (Å²) in [7, 11) is 0. The van der Waals surface area contributed by atoms with Crippen LogP contribution in [-0.2, 0) is 4.79 Å². The third kappa shape index (κ3) is 2.60. The molecule has 1 saturated heterocycles. The van der Waals surface area contributed by atoms with Crippen molar-refractivity contribution in [1.82, 2.24) is 4.90 Å². The van der Waals surface area contributed by atoms with Crippen molar-refractivity contribution in [1.29, 1.82) is 0 Å². The van der Waals surface area contributed by atoms with Crippen LogP contribution < -0.4 is 4.90 Å². The fraction of sp³-hybridized carbons (Fsp3) is 0.611. The summed E-state index contributed by atoms with van der Waals surface area (Å²) in [5, 5.41) is 0.776. The molecule has 1 aromatic rings. The Morgan fingerprint density at radius 3 is 2.36 bits per heavy atom. The molecule has 4 heteroatoms. The second-order valence-corrected chi connectivity index (χ2v) is 7.37. The molecule has 0 spiro atoms. The summed E-state index contributed by atoms with van der Waals surface area (Å²) in [5.74, 6) is 2.22. The van der Waals surface area contributed by atoms with E-state index in [0.29, 0.717) is 23.7 Å². The van der Waals surface area contributed by atoms with Crippen LogP contribution in [0.25, 0.3) is 0 Å². The maximum absolute atomic E-state index is 12.7. The second kappa shape index (κ2) is 5.77. The molecule has 2 unspecified atom stereocenters. The van der Waals surface area contributed by atoms with E-state index in [1.807, 2.05) is 18.2 Å². The van der Waals surface area contributed by atoms with Crippen molar-refractivity contribution in [2.24, 2.45) is 17.8 Å². The SMILES string of the molecule is O=C(C1C2CCCCC21)N1CCN(c2cccc(Cl)c2)CC1. The van der Waals surface area contributed by atoms with Crippen LogP contribution in [0, 0.1) is 17.8 Å². The highest BCUT2D eigenvalue weighted by atomic mass is 35.5. The molecule has 3 fully saturated rings. The first-order valence-electron chi connectivity index (χ1n) is 8.53. The van der Waals surface area contributed by atoms with E-state index in [-0.39, 0.29) is 0 Å². The summed E-state index contributed by atoms with van der Waals surface area (Å²) in [6, 6.07) is 8.00. The highest BCUT2D eigenvalue weighted by molar-refractivity contribution is 6.30. The lowest BCUT2D eigenvalue weighted by molar-refractivity contribution is -0.133. The monoisotopic (exact) mass is 318 g/mol. The number of amides is 1. The molecule has 1 amide bonds. The molecular weight excluding hydrogens is 296 g/mol. The minimum Gasteiger partial charge on any atom is -0.368 e. The van der Waals surface area contributed by atoms with E-state index in [2.05, 4.69) is 15.9 Å². The number of fused-ring (bicyclic) bond motifs is 1. The van der Waals surface area contributed by atoms with Crippen LogP contribution in [0.4, 0.5) is 5.69 Å². The Labute approximate surface area is 137 Å². The average molecular weight is 319 g/mol. The van der Waals surface area contributed by atoms with Gasteiger partial charge in [0.1, 0.15) is 0 Å². The van der Waals surface area contributed by atoms with Crippen molar-refractivity contribution in [2.75, 3.05) is 31.1 Å². The summed E-state index contributed by atoms with van der Waals surface area (Å²) < 4.78 is 0. The number of hydrogen-bond donors (Lipinski definition) is 0. The van der Waals surface area contributed by atoms with Crippen molar-refractivity contribution in [2.45, 2.75) is 25.7 Å². The van der Waals surface area contributed by atoms with Crippen molar-refractivity contribution >= 4 is 23.2 Å². The first-order valence-corrected chi connectivity index (χ1v) is 8.91. The fourth-order valence-electron chi connectivity index (χ4n) is 4.43.